The van der Waals surface area contributed by atoms with E-state index in [1.807, 2.05) is 36.4 Å². The number of nitrogens with one attached hydrogen (secondary N) is 2. The molecule has 0 heterocycles. The van der Waals surface area contributed by atoms with Gasteiger partial charge >= 0.3 is 6.03 Å². The van der Waals surface area contributed by atoms with Gasteiger partial charge in [-0.3, -0.25) is 5.41 Å². The molecule has 0 aliphatic carbocycles. The molecule has 2 aromatic rings. The number of carbonyl (C=O) groups excluding carboxylic acids is 1. The Hall–Kier alpha value is -2.56. The summed E-state index contributed by atoms with van der Waals surface area (Å²) in [5, 5.41) is 11.9. The molecule has 0 saturated carbocycles. The van der Waals surface area contributed by atoms with Crippen LogP contribution in [-0.2, 0) is 0 Å². The normalized spacial score (nSPS) is 10.1. The van der Waals surface area contributed by atoms with Crippen molar-refractivity contribution in [1.82, 2.24) is 5.32 Å². The Balaban J connectivity index is 2.64. The molecule has 0 aliphatic heterocycles. The molecule has 5 nitrogen and oxygen atoms in total. The van der Waals surface area contributed by atoms with Gasteiger partial charge in [0, 0.05) is 12.4 Å². The van der Waals surface area contributed by atoms with E-state index >= 15 is 0 Å². The van der Waals surface area contributed by atoms with E-state index in [0.717, 1.165) is 15.7 Å². The molecule has 2 aromatic carbocycles. The molecule has 0 spiro atoms. The Morgan fingerprint density at radius 3 is 2.56 bits per heavy atom. The lowest BCUT2D eigenvalue weighted by molar-refractivity contribution is 0.251. The smallest absolute Gasteiger partial charge is 0.328 e. The summed E-state index contributed by atoms with van der Waals surface area (Å²) in [7, 11) is 1.50. The molecule has 0 saturated heterocycles. The fraction of sp³-hybridized carbons (Fsp3) is 0.0769. The standard InChI is InChI=1S/C13H14N4O/c1-16-13(18)17(12(14)15)11-8-4-6-9-5-2-3-7-10(9)11/h2-8H,1H3,(H3,14,15)(H,16,18). The zero-order chi connectivity index (χ0) is 13.1. The molecule has 0 unspecified atom stereocenters. The number of hydrogen-bond acceptors (Lipinski definition) is 2. The first-order chi connectivity index (χ1) is 8.65. The van der Waals surface area contributed by atoms with Crippen LogP contribution in [0, 0.1) is 5.41 Å². The van der Waals surface area contributed by atoms with Crippen LogP contribution in [0.3, 0.4) is 0 Å². The number of hydrogen-bond donors (Lipinski definition) is 3. The second-order valence-electron chi connectivity index (χ2n) is 3.77. The lowest BCUT2D eigenvalue weighted by atomic mass is 10.1. The molecule has 5 heteroatoms. The average Bonchev–Trinajstić information content (AvgIpc) is 2.38. The van der Waals surface area contributed by atoms with Gasteiger partial charge in [-0.05, 0) is 11.5 Å². The summed E-state index contributed by atoms with van der Waals surface area (Å²) in [6.45, 7) is 0. The molecule has 2 amide bonds. The monoisotopic (exact) mass is 242 g/mol. The molecule has 0 aliphatic rings. The average molecular weight is 242 g/mol. The molecule has 0 aromatic heterocycles. The molecule has 0 fully saturated rings. The van der Waals surface area contributed by atoms with Gasteiger partial charge in [0.25, 0.3) is 0 Å². The van der Waals surface area contributed by atoms with Crippen molar-refractivity contribution in [3.05, 3.63) is 42.5 Å². The predicted octanol–water partition coefficient (Wildman–Crippen LogP) is 1.88. The van der Waals surface area contributed by atoms with Crippen molar-refractivity contribution >= 4 is 28.5 Å². The number of nitrogens with two attached hydrogens (primary N) is 1. The molecular weight excluding hydrogens is 228 g/mol. The molecular formula is C13H14N4O. The van der Waals surface area contributed by atoms with E-state index < -0.39 is 6.03 Å². The van der Waals surface area contributed by atoms with E-state index in [1.54, 1.807) is 6.07 Å². The van der Waals surface area contributed by atoms with E-state index in [2.05, 4.69) is 5.32 Å². The van der Waals surface area contributed by atoms with Gasteiger partial charge in [-0.2, -0.15) is 0 Å². The SMILES string of the molecule is CNC(=O)N(C(=N)N)c1cccc2ccccc12. The third-order valence-corrected chi connectivity index (χ3v) is 2.67. The highest BCUT2D eigenvalue weighted by atomic mass is 16.2. The number of nitrogens with zero attached hydrogens (tertiary/aromatic N) is 1. The first-order valence-electron chi connectivity index (χ1n) is 5.48. The van der Waals surface area contributed by atoms with E-state index in [4.69, 9.17) is 11.1 Å². The number of benzene rings is 2. The number of carbonyl (C=O) groups is 1. The van der Waals surface area contributed by atoms with Crippen LogP contribution in [0.25, 0.3) is 10.8 Å². The zero-order valence-electron chi connectivity index (χ0n) is 9.97. The summed E-state index contributed by atoms with van der Waals surface area (Å²) >= 11 is 0. The molecule has 2 rings (SSSR count). The maximum atomic E-state index is 11.8. The maximum Gasteiger partial charge on any atom is 0.328 e. The van der Waals surface area contributed by atoms with Gasteiger partial charge in [0.2, 0.25) is 5.96 Å². The van der Waals surface area contributed by atoms with Crippen LogP contribution in [0.2, 0.25) is 0 Å². The van der Waals surface area contributed by atoms with Crippen LogP contribution in [0.5, 0.6) is 0 Å². The van der Waals surface area contributed by atoms with Gasteiger partial charge in [0.15, 0.2) is 0 Å². The van der Waals surface area contributed by atoms with Crippen LogP contribution in [0.15, 0.2) is 42.5 Å². The van der Waals surface area contributed by atoms with Crippen LogP contribution >= 0.6 is 0 Å². The van der Waals surface area contributed by atoms with Crippen LogP contribution in [0.4, 0.5) is 10.5 Å². The molecule has 92 valence electrons. The number of fused-ring (bicyclic) bond motifs is 1. The highest BCUT2D eigenvalue weighted by molar-refractivity contribution is 6.18. The number of amides is 2. The number of rotatable bonds is 1. The quantitative estimate of drug-likeness (QED) is 0.527. The van der Waals surface area contributed by atoms with Gasteiger partial charge < -0.3 is 11.1 Å². The number of guanidine groups is 1. The topological polar surface area (TPSA) is 82.2 Å². The minimum absolute atomic E-state index is 0.314. The van der Waals surface area contributed by atoms with Gasteiger partial charge in [-0.1, -0.05) is 36.4 Å². The maximum absolute atomic E-state index is 11.8. The van der Waals surface area contributed by atoms with E-state index in [9.17, 15) is 4.79 Å². The molecule has 0 atom stereocenters. The second kappa shape index (κ2) is 4.75. The van der Waals surface area contributed by atoms with E-state index in [-0.39, 0.29) is 5.96 Å². The molecule has 0 radical (unpaired) electrons. The second-order valence-corrected chi connectivity index (χ2v) is 3.77. The number of urea groups is 1. The van der Waals surface area contributed by atoms with Crippen molar-refractivity contribution in [3.63, 3.8) is 0 Å². The van der Waals surface area contributed by atoms with Crippen molar-refractivity contribution in [2.45, 2.75) is 0 Å². The third-order valence-electron chi connectivity index (χ3n) is 2.67. The minimum Gasteiger partial charge on any atom is -0.369 e. The van der Waals surface area contributed by atoms with Gasteiger partial charge in [-0.15, -0.1) is 0 Å². The van der Waals surface area contributed by atoms with Crippen LogP contribution in [0.1, 0.15) is 0 Å². The first-order valence-corrected chi connectivity index (χ1v) is 5.48. The minimum atomic E-state index is -0.432. The van der Waals surface area contributed by atoms with Gasteiger partial charge in [0.1, 0.15) is 0 Å². The fourth-order valence-electron chi connectivity index (χ4n) is 1.86. The summed E-state index contributed by atoms with van der Waals surface area (Å²) in [5.74, 6) is -0.314. The third kappa shape index (κ3) is 1.98. The Bertz CT molecular complexity index is 603. The summed E-state index contributed by atoms with van der Waals surface area (Å²) in [6, 6.07) is 12.7. The largest absolute Gasteiger partial charge is 0.369 e. The summed E-state index contributed by atoms with van der Waals surface area (Å²) in [6.07, 6.45) is 0. The van der Waals surface area contributed by atoms with Crippen LogP contribution < -0.4 is 16.0 Å². The van der Waals surface area contributed by atoms with Crippen molar-refractivity contribution < 1.29 is 4.79 Å². The summed E-state index contributed by atoms with van der Waals surface area (Å²) in [5.41, 5.74) is 6.08. The van der Waals surface area contributed by atoms with Gasteiger partial charge in [0.05, 0.1) is 5.69 Å². The Morgan fingerprint density at radius 2 is 1.89 bits per heavy atom. The highest BCUT2D eigenvalue weighted by Crippen LogP contribution is 2.26. The Labute approximate surface area is 105 Å². The van der Waals surface area contributed by atoms with Crippen molar-refractivity contribution in [2.75, 3.05) is 11.9 Å². The predicted molar refractivity (Wildman–Crippen MR) is 72.8 cm³/mol. The number of anilines is 1. The lowest BCUT2D eigenvalue weighted by Crippen LogP contribution is -2.46. The molecule has 4 N–H and O–H groups in total. The Kier molecular flexibility index (Phi) is 3.14. The van der Waals surface area contributed by atoms with Crippen molar-refractivity contribution in [3.8, 4) is 0 Å². The molecule has 0 bridgehead atoms. The lowest BCUT2D eigenvalue weighted by Gasteiger charge is -2.21. The highest BCUT2D eigenvalue weighted by Gasteiger charge is 2.19. The Morgan fingerprint density at radius 1 is 1.22 bits per heavy atom. The summed E-state index contributed by atoms with van der Waals surface area (Å²) in [4.78, 5) is 12.9. The van der Waals surface area contributed by atoms with Crippen LogP contribution in [-0.4, -0.2) is 19.0 Å². The first kappa shape index (κ1) is 11.9. The van der Waals surface area contributed by atoms with Gasteiger partial charge in [-0.25, -0.2) is 9.69 Å². The van der Waals surface area contributed by atoms with Crippen molar-refractivity contribution in [1.29, 1.82) is 5.41 Å². The fourth-order valence-corrected chi connectivity index (χ4v) is 1.86. The summed E-state index contributed by atoms with van der Waals surface area (Å²) < 4.78 is 0. The van der Waals surface area contributed by atoms with E-state index in [1.165, 1.54) is 7.05 Å². The molecule has 18 heavy (non-hydrogen) atoms. The van der Waals surface area contributed by atoms with E-state index in [0.29, 0.717) is 5.69 Å². The van der Waals surface area contributed by atoms with Crippen molar-refractivity contribution in [2.24, 2.45) is 5.73 Å². The zero-order valence-corrected chi connectivity index (χ0v) is 9.97.